The van der Waals surface area contributed by atoms with Crippen molar-refractivity contribution >= 4 is 16.0 Å². The van der Waals surface area contributed by atoms with E-state index >= 15 is 0 Å². The second kappa shape index (κ2) is 6.26. The van der Waals surface area contributed by atoms with Crippen LogP contribution in [0.1, 0.15) is 30.1 Å². The summed E-state index contributed by atoms with van der Waals surface area (Å²) in [5.41, 5.74) is -0.0944. The van der Waals surface area contributed by atoms with Gasteiger partial charge in [-0.2, -0.15) is 5.26 Å². The fourth-order valence-electron chi connectivity index (χ4n) is 1.33. The van der Waals surface area contributed by atoms with Gasteiger partial charge in [0.05, 0.1) is 18.1 Å². The van der Waals surface area contributed by atoms with Crippen LogP contribution in [-0.4, -0.2) is 30.5 Å². The third-order valence-electron chi connectivity index (χ3n) is 2.41. The van der Waals surface area contributed by atoms with Crippen molar-refractivity contribution in [3.8, 4) is 6.07 Å². The van der Waals surface area contributed by atoms with E-state index in [9.17, 15) is 13.2 Å². The highest BCUT2D eigenvalue weighted by Gasteiger charge is 2.20. The van der Waals surface area contributed by atoms with Crippen molar-refractivity contribution in [1.82, 2.24) is 9.71 Å². The summed E-state index contributed by atoms with van der Waals surface area (Å²) in [6, 6.07) is 3.68. The van der Waals surface area contributed by atoms with Crippen molar-refractivity contribution in [2.75, 3.05) is 0 Å². The molecule has 1 aromatic rings. The van der Waals surface area contributed by atoms with Gasteiger partial charge in [0.15, 0.2) is 5.03 Å². The minimum absolute atomic E-state index is 0.0585. The van der Waals surface area contributed by atoms with Gasteiger partial charge in [-0.15, -0.1) is 0 Å². The van der Waals surface area contributed by atoms with Gasteiger partial charge in [0.1, 0.15) is 0 Å². The highest BCUT2D eigenvalue weighted by atomic mass is 32.2. The third-order valence-corrected chi connectivity index (χ3v) is 3.85. The van der Waals surface area contributed by atoms with Crippen LogP contribution in [0.3, 0.4) is 0 Å². The molecule has 0 saturated heterocycles. The lowest BCUT2D eigenvalue weighted by Crippen LogP contribution is -2.34. The summed E-state index contributed by atoms with van der Waals surface area (Å²) < 4.78 is 26.2. The van der Waals surface area contributed by atoms with Crippen LogP contribution in [0.25, 0.3) is 0 Å². The van der Waals surface area contributed by atoms with Gasteiger partial charge in [-0.3, -0.25) is 0 Å². The summed E-state index contributed by atoms with van der Waals surface area (Å²) in [5.74, 6) is -1.18. The van der Waals surface area contributed by atoms with Crippen molar-refractivity contribution in [2.45, 2.75) is 30.8 Å². The lowest BCUT2D eigenvalue weighted by atomic mass is 10.2. The zero-order valence-corrected chi connectivity index (χ0v) is 11.0. The summed E-state index contributed by atoms with van der Waals surface area (Å²) in [7, 11) is -3.84. The zero-order valence-electron chi connectivity index (χ0n) is 10.2. The average Bonchev–Trinajstić information content (AvgIpc) is 2.38. The molecule has 1 aromatic heterocycles. The van der Waals surface area contributed by atoms with Crippen molar-refractivity contribution in [3.63, 3.8) is 0 Å². The van der Waals surface area contributed by atoms with E-state index in [2.05, 4.69) is 9.71 Å². The number of carbonyl (C=O) groups is 1. The lowest BCUT2D eigenvalue weighted by Gasteiger charge is -2.13. The van der Waals surface area contributed by atoms with E-state index in [-0.39, 0.29) is 17.0 Å². The Bertz CT molecular complexity index is 589. The Kier molecular flexibility index (Phi) is 4.97. The topological polar surface area (TPSA) is 120 Å². The Morgan fingerprint density at radius 2 is 2.26 bits per heavy atom. The number of nitriles is 1. The van der Waals surface area contributed by atoms with Crippen LogP contribution < -0.4 is 4.72 Å². The molecule has 0 aromatic carbocycles. The molecule has 1 heterocycles. The minimum Gasteiger partial charge on any atom is -0.478 e. The number of nitrogens with one attached hydrogen (secondary N) is 1. The van der Waals surface area contributed by atoms with Gasteiger partial charge in [0.25, 0.3) is 10.0 Å². The first-order valence-corrected chi connectivity index (χ1v) is 6.97. The number of aromatic carboxylic acids is 1. The van der Waals surface area contributed by atoms with Gasteiger partial charge in [0.2, 0.25) is 0 Å². The van der Waals surface area contributed by atoms with Gasteiger partial charge in [-0.05, 0) is 18.6 Å². The van der Waals surface area contributed by atoms with Crippen molar-refractivity contribution in [1.29, 1.82) is 5.26 Å². The fraction of sp³-hybridized carbons (Fsp3) is 0.364. The molecular formula is C11H13N3O4S. The quantitative estimate of drug-likeness (QED) is 0.794. The minimum atomic E-state index is -3.84. The number of carboxylic acids is 1. The third kappa shape index (κ3) is 4.01. The molecule has 8 heteroatoms. The Hall–Kier alpha value is -1.98. The second-order valence-corrected chi connectivity index (χ2v) is 5.44. The van der Waals surface area contributed by atoms with Crippen LogP contribution in [0, 0.1) is 11.3 Å². The second-order valence-electron chi connectivity index (χ2n) is 3.78. The number of carboxylic acid groups (broad SMARTS) is 1. The molecule has 0 aliphatic rings. The molecular weight excluding hydrogens is 270 g/mol. The lowest BCUT2D eigenvalue weighted by molar-refractivity contribution is 0.0696. The van der Waals surface area contributed by atoms with Crippen LogP contribution in [0.5, 0.6) is 0 Å². The first kappa shape index (κ1) is 15.1. The molecule has 2 N–H and O–H groups in total. The van der Waals surface area contributed by atoms with Gasteiger partial charge in [0, 0.05) is 12.2 Å². The molecule has 1 unspecified atom stereocenters. The number of rotatable bonds is 6. The number of aromatic nitrogens is 1. The first-order valence-electron chi connectivity index (χ1n) is 5.49. The largest absolute Gasteiger partial charge is 0.478 e. The number of sulfonamides is 1. The molecule has 19 heavy (non-hydrogen) atoms. The zero-order chi connectivity index (χ0) is 14.5. The molecule has 0 aliphatic heterocycles. The van der Waals surface area contributed by atoms with E-state index in [4.69, 9.17) is 10.4 Å². The first-order chi connectivity index (χ1) is 8.90. The molecule has 0 radical (unpaired) electrons. The van der Waals surface area contributed by atoms with Crippen LogP contribution in [-0.2, 0) is 10.0 Å². The number of pyridine rings is 1. The smallest absolute Gasteiger partial charge is 0.337 e. The molecule has 1 rings (SSSR count). The molecule has 0 amide bonds. The molecule has 7 nitrogen and oxygen atoms in total. The summed E-state index contributed by atoms with van der Waals surface area (Å²) >= 11 is 0. The van der Waals surface area contributed by atoms with Crippen LogP contribution in [0.2, 0.25) is 0 Å². The van der Waals surface area contributed by atoms with E-state index in [1.54, 1.807) is 6.92 Å². The van der Waals surface area contributed by atoms with Gasteiger partial charge >= 0.3 is 5.97 Å². The summed E-state index contributed by atoms with van der Waals surface area (Å²) in [6.07, 6.45) is 1.51. The maximum atomic E-state index is 11.9. The van der Waals surface area contributed by atoms with Gasteiger partial charge in [-0.25, -0.2) is 22.9 Å². The molecule has 0 spiro atoms. The fourth-order valence-corrected chi connectivity index (χ4v) is 2.57. The van der Waals surface area contributed by atoms with E-state index < -0.39 is 22.0 Å². The molecule has 0 bridgehead atoms. The van der Waals surface area contributed by atoms with Gasteiger partial charge < -0.3 is 5.11 Å². The van der Waals surface area contributed by atoms with E-state index in [0.29, 0.717) is 6.42 Å². The predicted molar refractivity (Wildman–Crippen MR) is 65.8 cm³/mol. The Balaban J connectivity index is 2.94. The normalized spacial score (nSPS) is 12.6. The van der Waals surface area contributed by atoms with Crippen molar-refractivity contribution < 1.29 is 18.3 Å². The molecule has 0 aliphatic carbocycles. The van der Waals surface area contributed by atoms with Crippen molar-refractivity contribution in [3.05, 3.63) is 23.9 Å². The number of hydrogen-bond donors (Lipinski definition) is 2. The maximum absolute atomic E-state index is 11.9. The van der Waals surface area contributed by atoms with Crippen LogP contribution >= 0.6 is 0 Å². The summed E-state index contributed by atoms with van der Waals surface area (Å²) in [4.78, 5) is 14.2. The highest BCUT2D eigenvalue weighted by molar-refractivity contribution is 7.89. The molecule has 1 atom stereocenters. The molecule has 0 fully saturated rings. The summed E-state index contributed by atoms with van der Waals surface area (Å²) in [5, 5.41) is 17.0. The van der Waals surface area contributed by atoms with E-state index in [1.165, 1.54) is 0 Å². The maximum Gasteiger partial charge on any atom is 0.337 e. The Morgan fingerprint density at radius 3 is 2.68 bits per heavy atom. The number of hydrogen-bond acceptors (Lipinski definition) is 5. The molecule has 0 saturated carbocycles. The molecule has 102 valence electrons. The predicted octanol–water partition coefficient (Wildman–Crippen LogP) is 0.750. The Labute approximate surface area is 110 Å². The SMILES string of the molecule is CCC(CC#N)NS(=O)(=O)c1ccc(C(=O)O)cn1. The average molecular weight is 283 g/mol. The van der Waals surface area contributed by atoms with Crippen LogP contribution in [0.15, 0.2) is 23.4 Å². The number of nitrogens with zero attached hydrogens (tertiary/aromatic N) is 2. The van der Waals surface area contributed by atoms with Crippen LogP contribution in [0.4, 0.5) is 0 Å². The monoisotopic (exact) mass is 283 g/mol. The standard InChI is InChI=1S/C11H13N3O4S/c1-2-9(5-6-12)14-19(17,18)10-4-3-8(7-13-10)11(15)16/h3-4,7,9,14H,2,5H2,1H3,(H,15,16). The van der Waals surface area contributed by atoms with Crippen molar-refractivity contribution in [2.24, 2.45) is 0 Å². The summed E-state index contributed by atoms with van der Waals surface area (Å²) in [6.45, 7) is 1.76. The Morgan fingerprint density at radius 1 is 1.58 bits per heavy atom. The van der Waals surface area contributed by atoms with E-state index in [1.807, 2.05) is 6.07 Å². The van der Waals surface area contributed by atoms with E-state index in [0.717, 1.165) is 18.3 Å². The highest BCUT2D eigenvalue weighted by Crippen LogP contribution is 2.09. The van der Waals surface area contributed by atoms with Gasteiger partial charge in [-0.1, -0.05) is 6.92 Å².